The van der Waals surface area contributed by atoms with Gasteiger partial charge in [-0.1, -0.05) is 6.57 Å². The van der Waals surface area contributed by atoms with E-state index in [-0.39, 0.29) is 17.4 Å². The first-order valence-electron chi connectivity index (χ1n) is 3.73. The molecule has 0 radical (unpaired) electrons. The molecule has 0 fully saturated rings. The Hall–Kier alpha value is -1.74. The zero-order valence-corrected chi connectivity index (χ0v) is 8.13. The minimum Gasteiger partial charge on any atom is -0.460 e. The molecule has 0 aliphatic rings. The second kappa shape index (κ2) is 4.48. The van der Waals surface area contributed by atoms with Crippen molar-refractivity contribution in [2.45, 2.75) is 6.92 Å². The Balaban J connectivity index is 2.80. The Labute approximate surface area is 84.2 Å². The van der Waals surface area contributed by atoms with Gasteiger partial charge in [0.2, 0.25) is 5.69 Å². The largest absolute Gasteiger partial charge is 0.460 e. The lowest BCUT2D eigenvalue weighted by atomic mass is 10.3. The fraction of sp³-hybridized carbons (Fsp3) is 0.250. The molecule has 5 nitrogen and oxygen atoms in total. The van der Waals surface area contributed by atoms with Crippen LogP contribution in [0.2, 0.25) is 0 Å². The van der Waals surface area contributed by atoms with Gasteiger partial charge in [-0.3, -0.25) is 4.79 Å². The van der Waals surface area contributed by atoms with E-state index in [4.69, 9.17) is 6.57 Å². The molecule has 1 heterocycles. The molecule has 0 N–H and O–H groups in total. The smallest absolute Gasteiger partial charge is 0.383 e. The Morgan fingerprint density at radius 2 is 2.43 bits per heavy atom. The van der Waals surface area contributed by atoms with Crippen LogP contribution in [0, 0.1) is 6.57 Å². The average molecular weight is 210 g/mol. The number of esters is 1. The monoisotopic (exact) mass is 210 g/mol. The Bertz CT molecular complexity index is 405. The number of Topliss-reactive ketones (excluding diaryl/α,β-unsaturated/α-hetero) is 1. The van der Waals surface area contributed by atoms with Crippen LogP contribution < -0.4 is 0 Å². The van der Waals surface area contributed by atoms with Crippen molar-refractivity contribution in [1.82, 2.24) is 4.98 Å². The van der Waals surface area contributed by atoms with Gasteiger partial charge in [-0.15, -0.1) is 16.3 Å². The summed E-state index contributed by atoms with van der Waals surface area (Å²) in [6, 6.07) is 0. The van der Waals surface area contributed by atoms with Crippen LogP contribution in [0.3, 0.4) is 0 Å². The van der Waals surface area contributed by atoms with E-state index in [0.29, 0.717) is 0 Å². The second-order valence-corrected chi connectivity index (χ2v) is 3.01. The molecule has 0 unspecified atom stereocenters. The first kappa shape index (κ1) is 10.3. The number of thiazole rings is 1. The zero-order valence-electron chi connectivity index (χ0n) is 7.31. The molecule has 1 aromatic heterocycles. The summed E-state index contributed by atoms with van der Waals surface area (Å²) in [6.07, 6.45) is 0. The van der Waals surface area contributed by atoms with Crippen molar-refractivity contribution in [3.63, 3.8) is 0 Å². The van der Waals surface area contributed by atoms with E-state index in [9.17, 15) is 9.59 Å². The maximum atomic E-state index is 11.2. The van der Waals surface area contributed by atoms with Gasteiger partial charge in [-0.2, -0.15) is 0 Å². The highest BCUT2D eigenvalue weighted by molar-refractivity contribution is 7.14. The van der Waals surface area contributed by atoms with Crippen LogP contribution in [-0.4, -0.2) is 23.3 Å². The SMILES string of the molecule is [C-]#[N+]c1nc(C(=O)C(=O)OCC)cs1. The van der Waals surface area contributed by atoms with Gasteiger partial charge in [0.15, 0.2) is 0 Å². The number of aromatic nitrogens is 1. The number of ether oxygens (including phenoxy) is 1. The highest BCUT2D eigenvalue weighted by Gasteiger charge is 2.23. The van der Waals surface area contributed by atoms with Gasteiger partial charge in [0, 0.05) is 5.38 Å². The summed E-state index contributed by atoms with van der Waals surface area (Å²) in [5.41, 5.74) is -0.0283. The highest BCUT2D eigenvalue weighted by atomic mass is 32.1. The third-order valence-electron chi connectivity index (χ3n) is 1.28. The molecule has 0 aliphatic carbocycles. The molecule has 0 amide bonds. The number of carbonyl (C=O) groups is 2. The summed E-state index contributed by atoms with van der Waals surface area (Å²) >= 11 is 1.02. The van der Waals surface area contributed by atoms with Crippen LogP contribution in [0.4, 0.5) is 5.13 Å². The second-order valence-electron chi connectivity index (χ2n) is 2.18. The third kappa shape index (κ3) is 2.14. The summed E-state index contributed by atoms with van der Waals surface area (Å²) in [5.74, 6) is -1.74. The van der Waals surface area contributed by atoms with Gasteiger partial charge in [0.25, 0.3) is 0 Å². The Kier molecular flexibility index (Phi) is 3.31. The molecular weight excluding hydrogens is 204 g/mol. The predicted octanol–water partition coefficient (Wildman–Crippen LogP) is 1.44. The lowest BCUT2D eigenvalue weighted by molar-refractivity contribution is -0.137. The first-order chi connectivity index (χ1) is 6.69. The van der Waals surface area contributed by atoms with Crippen molar-refractivity contribution in [2.75, 3.05) is 6.61 Å². The summed E-state index contributed by atoms with van der Waals surface area (Å²) in [7, 11) is 0. The van der Waals surface area contributed by atoms with Crippen LogP contribution in [0.25, 0.3) is 4.85 Å². The normalized spacial score (nSPS) is 9.14. The first-order valence-corrected chi connectivity index (χ1v) is 4.61. The molecule has 0 saturated heterocycles. The zero-order chi connectivity index (χ0) is 10.6. The van der Waals surface area contributed by atoms with Crippen LogP contribution in [0.15, 0.2) is 5.38 Å². The fourth-order valence-electron chi connectivity index (χ4n) is 0.721. The van der Waals surface area contributed by atoms with Crippen molar-refractivity contribution < 1.29 is 14.3 Å². The summed E-state index contributed by atoms with van der Waals surface area (Å²) < 4.78 is 4.50. The van der Waals surface area contributed by atoms with Crippen LogP contribution in [0.1, 0.15) is 17.4 Å². The summed E-state index contributed by atoms with van der Waals surface area (Å²) in [5, 5.41) is 1.50. The maximum Gasteiger partial charge on any atom is 0.383 e. The molecule has 72 valence electrons. The van der Waals surface area contributed by atoms with Gasteiger partial charge in [0.05, 0.1) is 6.61 Å². The standard InChI is InChI=1S/C8H6N2O3S/c1-3-13-7(12)6(11)5-4-14-8(9-2)10-5/h4H,3H2,1H3. The van der Waals surface area contributed by atoms with Crippen LogP contribution >= 0.6 is 11.3 Å². The van der Waals surface area contributed by atoms with Crippen LogP contribution in [0.5, 0.6) is 0 Å². The van der Waals surface area contributed by atoms with E-state index >= 15 is 0 Å². The molecular formula is C8H6N2O3S. The quantitative estimate of drug-likeness (QED) is 0.328. The minimum absolute atomic E-state index is 0.0283. The van der Waals surface area contributed by atoms with E-state index in [0.717, 1.165) is 11.3 Å². The molecule has 6 heteroatoms. The van der Waals surface area contributed by atoms with Crippen molar-refractivity contribution in [1.29, 1.82) is 0 Å². The molecule has 1 aromatic rings. The molecule has 0 atom stereocenters. The van der Waals surface area contributed by atoms with Gasteiger partial charge < -0.3 is 9.58 Å². The van der Waals surface area contributed by atoms with E-state index in [1.165, 1.54) is 5.38 Å². The predicted molar refractivity (Wildman–Crippen MR) is 49.3 cm³/mol. The highest BCUT2D eigenvalue weighted by Crippen LogP contribution is 2.18. The van der Waals surface area contributed by atoms with Gasteiger partial charge in [-0.25, -0.2) is 4.79 Å². The Morgan fingerprint density at radius 3 is 2.93 bits per heavy atom. The molecule has 0 bridgehead atoms. The van der Waals surface area contributed by atoms with E-state index < -0.39 is 11.8 Å². The van der Waals surface area contributed by atoms with Crippen molar-refractivity contribution in [2.24, 2.45) is 0 Å². The molecule has 14 heavy (non-hydrogen) atoms. The lowest BCUT2D eigenvalue weighted by Crippen LogP contribution is -2.17. The number of hydrogen-bond donors (Lipinski definition) is 0. The summed E-state index contributed by atoms with van der Waals surface area (Å²) in [4.78, 5) is 28.9. The van der Waals surface area contributed by atoms with E-state index in [1.807, 2.05) is 0 Å². The van der Waals surface area contributed by atoms with Gasteiger partial charge in [-0.05, 0) is 6.92 Å². The number of rotatable bonds is 3. The Morgan fingerprint density at radius 1 is 1.71 bits per heavy atom. The molecule has 1 rings (SSSR count). The molecule has 0 saturated carbocycles. The minimum atomic E-state index is -0.936. The van der Waals surface area contributed by atoms with Crippen molar-refractivity contribution in [3.8, 4) is 0 Å². The van der Waals surface area contributed by atoms with Crippen molar-refractivity contribution in [3.05, 3.63) is 22.5 Å². The summed E-state index contributed by atoms with van der Waals surface area (Å²) in [6.45, 7) is 8.38. The van der Waals surface area contributed by atoms with Crippen LogP contribution in [-0.2, 0) is 9.53 Å². The average Bonchev–Trinajstić information content (AvgIpc) is 2.65. The molecule has 0 spiro atoms. The third-order valence-corrected chi connectivity index (χ3v) is 2.02. The maximum absolute atomic E-state index is 11.2. The van der Waals surface area contributed by atoms with E-state index in [2.05, 4.69) is 14.6 Å². The fourth-order valence-corrected chi connectivity index (χ4v) is 1.30. The number of hydrogen-bond acceptors (Lipinski definition) is 5. The topological polar surface area (TPSA) is 60.6 Å². The van der Waals surface area contributed by atoms with Gasteiger partial charge in [0.1, 0.15) is 0 Å². The lowest BCUT2D eigenvalue weighted by Gasteiger charge is -1.94. The number of nitrogens with zero attached hydrogens (tertiary/aromatic N) is 2. The number of ketones is 1. The molecule has 0 aliphatic heterocycles. The van der Waals surface area contributed by atoms with E-state index in [1.54, 1.807) is 6.92 Å². The van der Waals surface area contributed by atoms with Gasteiger partial charge >= 0.3 is 16.9 Å². The van der Waals surface area contributed by atoms with Crippen molar-refractivity contribution >= 4 is 28.2 Å². The molecule has 0 aromatic carbocycles. The number of carbonyl (C=O) groups excluding carboxylic acids is 2.